The van der Waals surface area contributed by atoms with Crippen LogP contribution < -0.4 is 5.32 Å². The topological polar surface area (TPSA) is 12.0 Å². The van der Waals surface area contributed by atoms with Gasteiger partial charge in [-0.25, -0.2) is 0 Å². The molecule has 1 aliphatic rings. The first-order chi connectivity index (χ1) is 7.65. The number of rotatable bonds is 2. The second-order valence-corrected chi connectivity index (χ2v) is 5.42. The molecule has 1 aromatic rings. The number of hydrogen-bond donors (Lipinski definition) is 1. The molecule has 1 heterocycles. The summed E-state index contributed by atoms with van der Waals surface area (Å²) in [6.07, 6.45) is 3.90. The highest BCUT2D eigenvalue weighted by Gasteiger charge is 2.17. The molecular formula is C15H23N. The average Bonchev–Trinajstić information content (AvgIpc) is 2.25. The van der Waals surface area contributed by atoms with Crippen LogP contribution in [0.15, 0.2) is 18.2 Å². The van der Waals surface area contributed by atoms with Gasteiger partial charge in [-0.1, -0.05) is 30.7 Å². The van der Waals surface area contributed by atoms with Gasteiger partial charge in [0.1, 0.15) is 0 Å². The zero-order valence-corrected chi connectivity index (χ0v) is 10.7. The molecule has 1 saturated heterocycles. The smallest absolute Gasteiger partial charge is 0.0108 e. The predicted octanol–water partition coefficient (Wildman–Crippen LogP) is 3.23. The van der Waals surface area contributed by atoms with E-state index in [-0.39, 0.29) is 0 Å². The van der Waals surface area contributed by atoms with Gasteiger partial charge in [0.15, 0.2) is 0 Å². The first-order valence-corrected chi connectivity index (χ1v) is 6.44. The first kappa shape index (κ1) is 11.7. The molecule has 1 N–H and O–H groups in total. The van der Waals surface area contributed by atoms with Gasteiger partial charge in [0.05, 0.1) is 0 Å². The minimum absolute atomic E-state index is 0.692. The molecule has 0 aliphatic carbocycles. The summed E-state index contributed by atoms with van der Waals surface area (Å²) < 4.78 is 0. The maximum Gasteiger partial charge on any atom is 0.0108 e. The van der Waals surface area contributed by atoms with Crippen LogP contribution in [0.4, 0.5) is 0 Å². The predicted molar refractivity (Wildman–Crippen MR) is 69.8 cm³/mol. The van der Waals surface area contributed by atoms with E-state index >= 15 is 0 Å². The molecule has 1 nitrogen and oxygen atoms in total. The lowest BCUT2D eigenvalue weighted by atomic mass is 9.91. The summed E-state index contributed by atoms with van der Waals surface area (Å²) >= 11 is 0. The van der Waals surface area contributed by atoms with Crippen LogP contribution in [0.2, 0.25) is 0 Å². The van der Waals surface area contributed by atoms with Gasteiger partial charge in [-0.2, -0.15) is 0 Å². The number of hydrogen-bond acceptors (Lipinski definition) is 1. The van der Waals surface area contributed by atoms with Crippen LogP contribution in [0.1, 0.15) is 36.5 Å². The van der Waals surface area contributed by atoms with Crippen molar-refractivity contribution in [1.82, 2.24) is 5.32 Å². The van der Waals surface area contributed by atoms with Crippen LogP contribution in [-0.2, 0) is 6.42 Å². The lowest BCUT2D eigenvalue weighted by Gasteiger charge is -2.28. The largest absolute Gasteiger partial charge is 0.313 e. The Labute approximate surface area is 99.3 Å². The molecule has 1 aliphatic heterocycles. The molecule has 1 heteroatoms. The van der Waals surface area contributed by atoms with E-state index in [1.54, 1.807) is 0 Å². The van der Waals surface area contributed by atoms with Crippen LogP contribution in [0, 0.1) is 19.8 Å². The van der Waals surface area contributed by atoms with Crippen molar-refractivity contribution in [3.63, 3.8) is 0 Å². The molecule has 2 rings (SSSR count). The van der Waals surface area contributed by atoms with Crippen LogP contribution in [0.25, 0.3) is 0 Å². The second kappa shape index (κ2) is 5.01. The quantitative estimate of drug-likeness (QED) is 0.802. The van der Waals surface area contributed by atoms with Crippen molar-refractivity contribution in [2.45, 2.75) is 46.1 Å². The van der Waals surface area contributed by atoms with E-state index in [0.717, 1.165) is 5.92 Å². The van der Waals surface area contributed by atoms with E-state index in [0.29, 0.717) is 6.04 Å². The van der Waals surface area contributed by atoms with Gasteiger partial charge in [0.2, 0.25) is 0 Å². The Morgan fingerprint density at radius 2 is 2.06 bits per heavy atom. The van der Waals surface area contributed by atoms with Crippen LogP contribution in [0.5, 0.6) is 0 Å². The summed E-state index contributed by atoms with van der Waals surface area (Å²) in [5, 5.41) is 3.66. The number of piperidine rings is 1. The monoisotopic (exact) mass is 217 g/mol. The highest BCUT2D eigenvalue weighted by molar-refractivity contribution is 5.31. The minimum atomic E-state index is 0.692. The number of aryl methyl sites for hydroxylation is 2. The summed E-state index contributed by atoms with van der Waals surface area (Å²) in [4.78, 5) is 0. The van der Waals surface area contributed by atoms with Gasteiger partial charge in [0.25, 0.3) is 0 Å². The van der Waals surface area contributed by atoms with Crippen molar-refractivity contribution >= 4 is 0 Å². The molecule has 16 heavy (non-hydrogen) atoms. The Bertz CT molecular complexity index is 348. The number of nitrogens with one attached hydrogen (secondary N) is 1. The Morgan fingerprint density at radius 3 is 2.69 bits per heavy atom. The second-order valence-electron chi connectivity index (χ2n) is 5.42. The molecule has 0 bridgehead atoms. The van der Waals surface area contributed by atoms with Gasteiger partial charge < -0.3 is 5.32 Å². The van der Waals surface area contributed by atoms with Crippen LogP contribution in [-0.4, -0.2) is 12.6 Å². The third-order valence-corrected chi connectivity index (χ3v) is 3.73. The third kappa shape index (κ3) is 2.85. The molecule has 0 amide bonds. The van der Waals surface area contributed by atoms with Crippen LogP contribution in [0.3, 0.4) is 0 Å². The standard InChI is InChI=1S/C15H23N/c1-11-4-6-14(13(3)8-11)9-15-7-5-12(2)10-16-15/h4,6,8,12,15-16H,5,7,9-10H2,1-3H3. The summed E-state index contributed by atoms with van der Waals surface area (Å²) in [5.74, 6) is 0.857. The van der Waals surface area contributed by atoms with Crippen molar-refractivity contribution in [1.29, 1.82) is 0 Å². The molecule has 2 atom stereocenters. The van der Waals surface area contributed by atoms with Crippen molar-refractivity contribution in [3.8, 4) is 0 Å². The molecule has 1 fully saturated rings. The Kier molecular flexibility index (Phi) is 3.65. The summed E-state index contributed by atoms with van der Waals surface area (Å²) in [6, 6.07) is 7.51. The van der Waals surface area contributed by atoms with E-state index in [1.807, 2.05) is 0 Å². The lowest BCUT2D eigenvalue weighted by Crippen LogP contribution is -2.39. The van der Waals surface area contributed by atoms with Gasteiger partial charge in [-0.15, -0.1) is 0 Å². The molecule has 0 saturated carbocycles. The summed E-state index contributed by atoms with van der Waals surface area (Å²) in [5.41, 5.74) is 4.32. The molecule has 2 unspecified atom stereocenters. The number of benzene rings is 1. The zero-order chi connectivity index (χ0) is 11.5. The third-order valence-electron chi connectivity index (χ3n) is 3.73. The van der Waals surface area contributed by atoms with Crippen molar-refractivity contribution in [2.75, 3.05) is 6.54 Å². The van der Waals surface area contributed by atoms with E-state index in [9.17, 15) is 0 Å². The molecule has 1 aromatic carbocycles. The van der Waals surface area contributed by atoms with Crippen LogP contribution >= 0.6 is 0 Å². The molecule has 0 spiro atoms. The minimum Gasteiger partial charge on any atom is -0.313 e. The van der Waals surface area contributed by atoms with E-state index in [2.05, 4.69) is 44.3 Å². The normalized spacial score (nSPS) is 25.7. The lowest BCUT2D eigenvalue weighted by molar-refractivity contribution is 0.326. The fourth-order valence-corrected chi connectivity index (χ4v) is 2.57. The van der Waals surface area contributed by atoms with E-state index < -0.39 is 0 Å². The maximum absolute atomic E-state index is 3.66. The van der Waals surface area contributed by atoms with Gasteiger partial charge >= 0.3 is 0 Å². The Morgan fingerprint density at radius 1 is 1.25 bits per heavy atom. The van der Waals surface area contributed by atoms with Crippen molar-refractivity contribution in [2.24, 2.45) is 5.92 Å². The highest BCUT2D eigenvalue weighted by Crippen LogP contribution is 2.19. The molecular weight excluding hydrogens is 194 g/mol. The maximum atomic E-state index is 3.66. The van der Waals surface area contributed by atoms with Gasteiger partial charge in [0, 0.05) is 6.04 Å². The molecule has 0 aromatic heterocycles. The SMILES string of the molecule is Cc1ccc(CC2CCC(C)CN2)c(C)c1. The Balaban J connectivity index is 1.98. The van der Waals surface area contributed by atoms with E-state index in [4.69, 9.17) is 0 Å². The van der Waals surface area contributed by atoms with Crippen molar-refractivity contribution < 1.29 is 0 Å². The van der Waals surface area contributed by atoms with Gasteiger partial charge in [-0.3, -0.25) is 0 Å². The average molecular weight is 217 g/mol. The van der Waals surface area contributed by atoms with Crippen molar-refractivity contribution in [3.05, 3.63) is 34.9 Å². The fraction of sp³-hybridized carbons (Fsp3) is 0.600. The first-order valence-electron chi connectivity index (χ1n) is 6.44. The summed E-state index contributed by atoms with van der Waals surface area (Å²) in [7, 11) is 0. The summed E-state index contributed by atoms with van der Waals surface area (Å²) in [6.45, 7) is 7.92. The fourth-order valence-electron chi connectivity index (χ4n) is 2.57. The molecule has 0 radical (unpaired) electrons. The highest BCUT2D eigenvalue weighted by atomic mass is 14.9. The Hall–Kier alpha value is -0.820. The molecule has 88 valence electrons. The van der Waals surface area contributed by atoms with E-state index in [1.165, 1.54) is 42.5 Å². The van der Waals surface area contributed by atoms with Gasteiger partial charge in [-0.05, 0) is 56.7 Å². The zero-order valence-electron chi connectivity index (χ0n) is 10.7.